The van der Waals surface area contributed by atoms with Crippen LogP contribution in [0.5, 0.6) is 0 Å². The molecular formula is C20H15NS. The molecule has 1 nitrogen and oxygen atoms in total. The lowest BCUT2D eigenvalue weighted by Crippen LogP contribution is -1.90. The fraction of sp³-hybridized carbons (Fsp3) is 0. The molecular weight excluding hydrogens is 286 g/mol. The summed E-state index contributed by atoms with van der Waals surface area (Å²) < 4.78 is 2.25. The smallest absolute Gasteiger partial charge is 0.0534 e. The quantitative estimate of drug-likeness (QED) is 0.446. The van der Waals surface area contributed by atoms with Crippen molar-refractivity contribution in [3.8, 4) is 5.69 Å². The predicted octanol–water partition coefficient (Wildman–Crippen LogP) is 5.86. The molecule has 2 heterocycles. The minimum atomic E-state index is 1.19. The third-order valence-corrected chi connectivity index (χ3v) is 4.59. The van der Waals surface area contributed by atoms with Crippen LogP contribution in [0.4, 0.5) is 0 Å². The highest BCUT2D eigenvalue weighted by Crippen LogP contribution is 2.26. The highest BCUT2D eigenvalue weighted by atomic mass is 32.1. The summed E-state index contributed by atoms with van der Waals surface area (Å²) in [5.74, 6) is 0. The van der Waals surface area contributed by atoms with E-state index in [1.165, 1.54) is 27.0 Å². The van der Waals surface area contributed by atoms with Gasteiger partial charge < -0.3 is 4.57 Å². The molecule has 0 amide bonds. The number of para-hydroxylation sites is 2. The van der Waals surface area contributed by atoms with Gasteiger partial charge in [0.15, 0.2) is 0 Å². The fourth-order valence-electron chi connectivity index (χ4n) is 2.70. The maximum atomic E-state index is 2.25. The van der Waals surface area contributed by atoms with Gasteiger partial charge in [0.25, 0.3) is 0 Å². The number of nitrogens with zero attached hydrogens (tertiary/aromatic N) is 1. The van der Waals surface area contributed by atoms with Gasteiger partial charge in [-0.25, -0.2) is 0 Å². The first-order valence-electron chi connectivity index (χ1n) is 7.29. The molecule has 0 fully saturated rings. The normalized spacial score (nSPS) is 11.5. The van der Waals surface area contributed by atoms with Crippen LogP contribution < -0.4 is 0 Å². The van der Waals surface area contributed by atoms with Gasteiger partial charge in [0.05, 0.1) is 5.52 Å². The summed E-state index contributed by atoms with van der Waals surface area (Å²) in [7, 11) is 0. The van der Waals surface area contributed by atoms with E-state index in [4.69, 9.17) is 0 Å². The molecule has 0 saturated heterocycles. The topological polar surface area (TPSA) is 4.93 Å². The molecule has 4 aromatic rings. The second-order valence-corrected chi connectivity index (χ2v) is 6.14. The van der Waals surface area contributed by atoms with Gasteiger partial charge in [-0.15, -0.1) is 11.3 Å². The summed E-state index contributed by atoms with van der Waals surface area (Å²) in [4.78, 5) is 1.27. The molecule has 4 rings (SSSR count). The molecule has 0 radical (unpaired) electrons. The van der Waals surface area contributed by atoms with E-state index >= 15 is 0 Å². The molecule has 0 atom stereocenters. The number of hydrogen-bond acceptors (Lipinski definition) is 1. The Kier molecular flexibility index (Phi) is 3.37. The average Bonchev–Trinajstić information content (AvgIpc) is 3.22. The van der Waals surface area contributed by atoms with E-state index in [0.29, 0.717) is 0 Å². The van der Waals surface area contributed by atoms with Gasteiger partial charge in [0.1, 0.15) is 0 Å². The second kappa shape index (κ2) is 5.66. The molecule has 22 heavy (non-hydrogen) atoms. The van der Waals surface area contributed by atoms with Crippen molar-refractivity contribution in [2.24, 2.45) is 0 Å². The molecule has 0 N–H and O–H groups in total. The van der Waals surface area contributed by atoms with Crippen LogP contribution >= 0.6 is 11.3 Å². The molecule has 0 saturated carbocycles. The van der Waals surface area contributed by atoms with Gasteiger partial charge in [-0.05, 0) is 35.7 Å². The first-order chi connectivity index (χ1) is 10.9. The zero-order valence-electron chi connectivity index (χ0n) is 12.0. The van der Waals surface area contributed by atoms with E-state index in [2.05, 4.69) is 89.0 Å². The van der Waals surface area contributed by atoms with E-state index < -0.39 is 0 Å². The van der Waals surface area contributed by atoms with Crippen molar-refractivity contribution in [2.45, 2.75) is 0 Å². The van der Waals surface area contributed by atoms with Crippen LogP contribution in [0.15, 0.2) is 78.3 Å². The lowest BCUT2D eigenvalue weighted by molar-refractivity contribution is 1.13. The van der Waals surface area contributed by atoms with Crippen LogP contribution in [0.3, 0.4) is 0 Å². The first kappa shape index (κ1) is 13.1. The maximum absolute atomic E-state index is 2.25. The summed E-state index contributed by atoms with van der Waals surface area (Å²) in [6, 6.07) is 23.2. The van der Waals surface area contributed by atoms with Gasteiger partial charge >= 0.3 is 0 Å². The predicted molar refractivity (Wildman–Crippen MR) is 96.5 cm³/mol. The van der Waals surface area contributed by atoms with Crippen molar-refractivity contribution < 1.29 is 0 Å². The van der Waals surface area contributed by atoms with E-state index in [-0.39, 0.29) is 0 Å². The number of hydrogen-bond donors (Lipinski definition) is 0. The van der Waals surface area contributed by atoms with Crippen LogP contribution in [-0.4, -0.2) is 4.57 Å². The Hall–Kier alpha value is -2.58. The Morgan fingerprint density at radius 2 is 1.59 bits per heavy atom. The van der Waals surface area contributed by atoms with Crippen molar-refractivity contribution in [1.82, 2.24) is 4.57 Å². The average molecular weight is 301 g/mol. The molecule has 0 aliphatic carbocycles. The van der Waals surface area contributed by atoms with E-state index in [0.717, 1.165) is 0 Å². The summed E-state index contributed by atoms with van der Waals surface area (Å²) in [6.45, 7) is 0. The highest BCUT2D eigenvalue weighted by molar-refractivity contribution is 7.10. The van der Waals surface area contributed by atoms with Crippen LogP contribution in [-0.2, 0) is 0 Å². The van der Waals surface area contributed by atoms with Crippen LogP contribution in [0.1, 0.15) is 10.4 Å². The lowest BCUT2D eigenvalue weighted by Gasteiger charge is -2.04. The minimum absolute atomic E-state index is 1.19. The number of aromatic nitrogens is 1. The number of fused-ring (bicyclic) bond motifs is 1. The van der Waals surface area contributed by atoms with Crippen molar-refractivity contribution in [3.05, 3.63) is 88.7 Å². The SMILES string of the molecule is C(=C\c1cn(-c2ccccc2)c2ccccc12)/c1cccs1. The third-order valence-electron chi connectivity index (χ3n) is 3.75. The van der Waals surface area contributed by atoms with Crippen LogP contribution in [0.2, 0.25) is 0 Å². The summed E-state index contributed by atoms with van der Waals surface area (Å²) >= 11 is 1.76. The van der Waals surface area contributed by atoms with Gasteiger partial charge in [-0.1, -0.05) is 48.5 Å². The zero-order chi connectivity index (χ0) is 14.8. The molecule has 0 aliphatic heterocycles. The molecule has 0 spiro atoms. The molecule has 0 bridgehead atoms. The number of benzene rings is 2. The summed E-state index contributed by atoms with van der Waals surface area (Å²) in [5.41, 5.74) is 3.67. The first-order valence-corrected chi connectivity index (χ1v) is 8.17. The van der Waals surface area contributed by atoms with Crippen molar-refractivity contribution in [3.63, 3.8) is 0 Å². The van der Waals surface area contributed by atoms with Gasteiger partial charge in [0, 0.05) is 27.7 Å². The minimum Gasteiger partial charge on any atom is -0.316 e. The standard InChI is InChI=1S/C20H15NS/c1-2-7-17(8-3-1)21-15-16(12-13-18-9-6-14-22-18)19-10-4-5-11-20(19)21/h1-15H/b13-12+. The lowest BCUT2D eigenvalue weighted by atomic mass is 10.1. The van der Waals surface area contributed by atoms with Gasteiger partial charge in [-0.3, -0.25) is 0 Å². The van der Waals surface area contributed by atoms with E-state index in [1.54, 1.807) is 11.3 Å². The Morgan fingerprint density at radius 1 is 0.773 bits per heavy atom. The summed E-state index contributed by atoms with van der Waals surface area (Å²) in [5, 5.41) is 3.38. The number of rotatable bonds is 3. The number of thiophene rings is 1. The Balaban J connectivity index is 1.86. The van der Waals surface area contributed by atoms with Crippen LogP contribution in [0, 0.1) is 0 Å². The summed E-state index contributed by atoms with van der Waals surface area (Å²) in [6.07, 6.45) is 6.60. The third kappa shape index (κ3) is 2.38. The highest BCUT2D eigenvalue weighted by Gasteiger charge is 2.07. The fourth-order valence-corrected chi connectivity index (χ4v) is 3.32. The van der Waals surface area contributed by atoms with E-state index in [9.17, 15) is 0 Å². The molecule has 0 unspecified atom stereocenters. The molecule has 2 heteroatoms. The largest absolute Gasteiger partial charge is 0.316 e. The molecule has 106 valence electrons. The Labute approximate surface area is 133 Å². The van der Waals surface area contributed by atoms with Gasteiger partial charge in [0.2, 0.25) is 0 Å². The molecule has 0 aliphatic rings. The van der Waals surface area contributed by atoms with Crippen LogP contribution in [0.25, 0.3) is 28.7 Å². The monoisotopic (exact) mass is 301 g/mol. The van der Waals surface area contributed by atoms with Crippen molar-refractivity contribution in [2.75, 3.05) is 0 Å². The second-order valence-electron chi connectivity index (χ2n) is 5.16. The van der Waals surface area contributed by atoms with Crippen molar-refractivity contribution >= 4 is 34.4 Å². The molecule has 2 aromatic carbocycles. The Bertz CT molecular complexity index is 915. The zero-order valence-corrected chi connectivity index (χ0v) is 12.8. The van der Waals surface area contributed by atoms with E-state index in [1.807, 2.05) is 6.07 Å². The Morgan fingerprint density at radius 3 is 2.41 bits per heavy atom. The van der Waals surface area contributed by atoms with Crippen molar-refractivity contribution in [1.29, 1.82) is 0 Å². The maximum Gasteiger partial charge on any atom is 0.0534 e. The molecule has 2 aromatic heterocycles. The van der Waals surface area contributed by atoms with Gasteiger partial charge in [-0.2, -0.15) is 0 Å².